The third-order valence-corrected chi connectivity index (χ3v) is 2.36. The largest absolute Gasteiger partial charge is 0.383 e. The number of nitrogens with one attached hydrogen (secondary N) is 1. The van der Waals surface area contributed by atoms with E-state index in [0.29, 0.717) is 25.1 Å². The number of carbonyl (C=O) groups is 1. The molecule has 1 atom stereocenters. The molecule has 0 bridgehead atoms. The van der Waals surface area contributed by atoms with Crippen LogP contribution in [0.5, 0.6) is 0 Å². The van der Waals surface area contributed by atoms with E-state index in [-0.39, 0.29) is 11.9 Å². The standard InChI is InChI=1S/C12H19N3O2/c1-9-5-10(7-14-6-9)12(16)15-11(3-4-13)8-17-2/h5-7,11H,3-4,8,13H2,1-2H3,(H,15,16). The number of aryl methyl sites for hydroxylation is 1. The molecule has 1 aromatic heterocycles. The smallest absolute Gasteiger partial charge is 0.253 e. The molecule has 0 aliphatic heterocycles. The zero-order valence-electron chi connectivity index (χ0n) is 10.3. The summed E-state index contributed by atoms with van der Waals surface area (Å²) in [7, 11) is 1.60. The summed E-state index contributed by atoms with van der Waals surface area (Å²) >= 11 is 0. The van der Waals surface area contributed by atoms with Gasteiger partial charge < -0.3 is 15.8 Å². The molecule has 17 heavy (non-hydrogen) atoms. The third kappa shape index (κ3) is 4.50. The minimum Gasteiger partial charge on any atom is -0.383 e. The molecule has 0 saturated carbocycles. The Labute approximate surface area is 101 Å². The first kappa shape index (κ1) is 13.6. The molecule has 0 saturated heterocycles. The fraction of sp³-hybridized carbons (Fsp3) is 0.500. The zero-order chi connectivity index (χ0) is 12.7. The van der Waals surface area contributed by atoms with Gasteiger partial charge in [-0.05, 0) is 31.5 Å². The molecule has 1 aromatic rings. The maximum atomic E-state index is 11.9. The van der Waals surface area contributed by atoms with Gasteiger partial charge in [0, 0.05) is 19.5 Å². The maximum Gasteiger partial charge on any atom is 0.253 e. The van der Waals surface area contributed by atoms with Crippen LogP contribution in [-0.4, -0.2) is 37.2 Å². The van der Waals surface area contributed by atoms with Gasteiger partial charge in [0.2, 0.25) is 0 Å². The highest BCUT2D eigenvalue weighted by Crippen LogP contribution is 2.02. The number of nitrogens with zero attached hydrogens (tertiary/aromatic N) is 1. The Morgan fingerprint density at radius 2 is 2.35 bits per heavy atom. The van der Waals surface area contributed by atoms with Crippen LogP contribution >= 0.6 is 0 Å². The van der Waals surface area contributed by atoms with E-state index in [0.717, 1.165) is 5.56 Å². The summed E-state index contributed by atoms with van der Waals surface area (Å²) in [5, 5.41) is 2.88. The molecule has 0 fully saturated rings. The van der Waals surface area contributed by atoms with Gasteiger partial charge in [-0.3, -0.25) is 9.78 Å². The first-order chi connectivity index (χ1) is 8.17. The van der Waals surface area contributed by atoms with E-state index in [9.17, 15) is 4.79 Å². The zero-order valence-corrected chi connectivity index (χ0v) is 10.3. The number of nitrogens with two attached hydrogens (primary N) is 1. The molecule has 94 valence electrons. The van der Waals surface area contributed by atoms with Crippen molar-refractivity contribution in [2.45, 2.75) is 19.4 Å². The number of pyridine rings is 1. The highest BCUT2D eigenvalue weighted by atomic mass is 16.5. The molecule has 0 aromatic carbocycles. The van der Waals surface area contributed by atoms with E-state index >= 15 is 0 Å². The van der Waals surface area contributed by atoms with E-state index in [1.807, 2.05) is 6.92 Å². The number of rotatable bonds is 6. The Morgan fingerprint density at radius 1 is 1.59 bits per heavy atom. The van der Waals surface area contributed by atoms with Crippen LogP contribution in [0.3, 0.4) is 0 Å². The molecule has 1 heterocycles. The fourth-order valence-electron chi connectivity index (χ4n) is 1.55. The molecule has 1 unspecified atom stereocenters. The lowest BCUT2D eigenvalue weighted by Gasteiger charge is -2.17. The minimum absolute atomic E-state index is 0.0574. The molecule has 3 N–H and O–H groups in total. The SMILES string of the molecule is COCC(CCN)NC(=O)c1cncc(C)c1. The van der Waals surface area contributed by atoms with E-state index in [1.54, 1.807) is 25.6 Å². The summed E-state index contributed by atoms with van der Waals surface area (Å²) in [4.78, 5) is 15.9. The lowest BCUT2D eigenvalue weighted by molar-refractivity contribution is 0.0893. The van der Waals surface area contributed by atoms with Crippen molar-refractivity contribution < 1.29 is 9.53 Å². The van der Waals surface area contributed by atoms with E-state index < -0.39 is 0 Å². The molecule has 0 radical (unpaired) electrons. The predicted octanol–water partition coefficient (Wildman–Crippen LogP) is 0.484. The van der Waals surface area contributed by atoms with Crippen molar-refractivity contribution in [2.75, 3.05) is 20.3 Å². The van der Waals surface area contributed by atoms with Crippen LogP contribution in [0.25, 0.3) is 0 Å². The van der Waals surface area contributed by atoms with Crippen LogP contribution < -0.4 is 11.1 Å². The predicted molar refractivity (Wildman–Crippen MR) is 65.8 cm³/mol. The average molecular weight is 237 g/mol. The summed E-state index contributed by atoms with van der Waals surface area (Å²) in [5.74, 6) is -0.142. The Balaban J connectivity index is 2.63. The van der Waals surface area contributed by atoms with E-state index in [4.69, 9.17) is 10.5 Å². The van der Waals surface area contributed by atoms with Crippen molar-refractivity contribution >= 4 is 5.91 Å². The first-order valence-electron chi connectivity index (χ1n) is 5.59. The molecular formula is C12H19N3O2. The van der Waals surface area contributed by atoms with Crippen molar-refractivity contribution in [3.8, 4) is 0 Å². The number of hydrogen-bond donors (Lipinski definition) is 2. The summed E-state index contributed by atoms with van der Waals surface area (Å²) < 4.78 is 5.03. The van der Waals surface area contributed by atoms with Gasteiger partial charge in [-0.1, -0.05) is 0 Å². The third-order valence-electron chi connectivity index (χ3n) is 2.36. The number of aromatic nitrogens is 1. The minimum atomic E-state index is -0.142. The second-order valence-corrected chi connectivity index (χ2v) is 3.95. The lowest BCUT2D eigenvalue weighted by Crippen LogP contribution is -2.39. The molecular weight excluding hydrogens is 218 g/mol. The van der Waals surface area contributed by atoms with Gasteiger partial charge in [-0.25, -0.2) is 0 Å². The molecule has 0 aliphatic rings. The lowest BCUT2D eigenvalue weighted by atomic mass is 10.1. The Hall–Kier alpha value is -1.46. The number of methoxy groups -OCH3 is 1. The van der Waals surface area contributed by atoms with Gasteiger partial charge in [0.1, 0.15) is 0 Å². The van der Waals surface area contributed by atoms with Gasteiger partial charge in [0.15, 0.2) is 0 Å². The number of ether oxygens (including phenoxy) is 1. The van der Waals surface area contributed by atoms with Crippen LogP contribution in [-0.2, 0) is 4.74 Å². The molecule has 1 amide bonds. The fourth-order valence-corrected chi connectivity index (χ4v) is 1.55. The molecule has 0 aliphatic carbocycles. The van der Waals surface area contributed by atoms with Crippen molar-refractivity contribution in [2.24, 2.45) is 5.73 Å². The van der Waals surface area contributed by atoms with Crippen molar-refractivity contribution in [3.05, 3.63) is 29.6 Å². The van der Waals surface area contributed by atoms with E-state index in [2.05, 4.69) is 10.3 Å². The van der Waals surface area contributed by atoms with Crippen molar-refractivity contribution in [1.29, 1.82) is 0 Å². The first-order valence-corrected chi connectivity index (χ1v) is 5.59. The Morgan fingerprint density at radius 3 is 2.94 bits per heavy atom. The number of carbonyl (C=O) groups excluding carboxylic acids is 1. The van der Waals surface area contributed by atoms with Gasteiger partial charge in [-0.15, -0.1) is 0 Å². The molecule has 1 rings (SSSR count). The van der Waals surface area contributed by atoms with Gasteiger partial charge >= 0.3 is 0 Å². The molecule has 5 nitrogen and oxygen atoms in total. The van der Waals surface area contributed by atoms with Gasteiger partial charge in [0.05, 0.1) is 18.2 Å². The second kappa shape index (κ2) is 6.98. The topological polar surface area (TPSA) is 77.2 Å². The summed E-state index contributed by atoms with van der Waals surface area (Å²) in [6, 6.07) is 1.74. The summed E-state index contributed by atoms with van der Waals surface area (Å²) in [6.07, 6.45) is 3.96. The van der Waals surface area contributed by atoms with Crippen LogP contribution in [0.2, 0.25) is 0 Å². The van der Waals surface area contributed by atoms with Crippen LogP contribution in [0.1, 0.15) is 22.3 Å². The Kier molecular flexibility index (Phi) is 5.59. The quantitative estimate of drug-likeness (QED) is 0.754. The van der Waals surface area contributed by atoms with Gasteiger partial charge in [0.25, 0.3) is 5.91 Å². The van der Waals surface area contributed by atoms with Gasteiger partial charge in [-0.2, -0.15) is 0 Å². The highest BCUT2D eigenvalue weighted by Gasteiger charge is 2.13. The highest BCUT2D eigenvalue weighted by molar-refractivity contribution is 5.94. The summed E-state index contributed by atoms with van der Waals surface area (Å²) in [5.41, 5.74) is 7.00. The maximum absolute atomic E-state index is 11.9. The number of hydrogen-bond acceptors (Lipinski definition) is 4. The van der Waals surface area contributed by atoms with Crippen LogP contribution in [0.4, 0.5) is 0 Å². The Bertz CT molecular complexity index is 363. The monoisotopic (exact) mass is 237 g/mol. The number of amides is 1. The molecule has 5 heteroatoms. The second-order valence-electron chi connectivity index (χ2n) is 3.95. The summed E-state index contributed by atoms with van der Waals surface area (Å²) in [6.45, 7) is 2.87. The molecule has 0 spiro atoms. The van der Waals surface area contributed by atoms with E-state index in [1.165, 1.54) is 0 Å². The van der Waals surface area contributed by atoms with Crippen LogP contribution in [0, 0.1) is 6.92 Å². The average Bonchev–Trinajstić information content (AvgIpc) is 2.29. The van der Waals surface area contributed by atoms with Crippen molar-refractivity contribution in [3.63, 3.8) is 0 Å². The normalized spacial score (nSPS) is 12.2. The van der Waals surface area contributed by atoms with Crippen LogP contribution in [0.15, 0.2) is 18.5 Å². The van der Waals surface area contributed by atoms with Crippen molar-refractivity contribution in [1.82, 2.24) is 10.3 Å².